The minimum atomic E-state index is 0.658. The number of pyridine rings is 1. The molecule has 0 unspecified atom stereocenters. The molecule has 3 rings (SSSR count). The maximum Gasteiger partial charge on any atom is 0.0490 e. The van der Waals surface area contributed by atoms with Gasteiger partial charge in [0, 0.05) is 42.2 Å². The standard InChI is InChI=1S/C16H22N4/c1-13-3-2-4-15(18-13)8-12-20-10-6-14(7-11-20)16-5-9-17-19-16/h2-5,9,14H,6-8,10-12H2,1H3,(H,17,19). The Morgan fingerprint density at radius 3 is 2.80 bits per heavy atom. The van der Waals surface area contributed by atoms with Crippen LogP contribution in [-0.4, -0.2) is 39.7 Å². The second kappa shape index (κ2) is 6.18. The number of rotatable bonds is 4. The van der Waals surface area contributed by atoms with Crippen LogP contribution < -0.4 is 0 Å². The summed E-state index contributed by atoms with van der Waals surface area (Å²) in [6.45, 7) is 5.52. The second-order valence-electron chi connectivity index (χ2n) is 5.65. The van der Waals surface area contributed by atoms with Gasteiger partial charge in [0.05, 0.1) is 0 Å². The number of piperidine rings is 1. The smallest absolute Gasteiger partial charge is 0.0490 e. The molecule has 0 amide bonds. The predicted molar refractivity (Wildman–Crippen MR) is 79.7 cm³/mol. The van der Waals surface area contributed by atoms with Gasteiger partial charge in [0.1, 0.15) is 0 Å². The topological polar surface area (TPSA) is 44.8 Å². The quantitative estimate of drug-likeness (QED) is 0.928. The van der Waals surface area contributed by atoms with Crippen molar-refractivity contribution in [1.82, 2.24) is 20.1 Å². The van der Waals surface area contributed by atoms with Crippen molar-refractivity contribution in [2.45, 2.75) is 32.1 Å². The Morgan fingerprint density at radius 1 is 1.25 bits per heavy atom. The van der Waals surface area contributed by atoms with Gasteiger partial charge in [-0.25, -0.2) is 0 Å². The first-order valence-electron chi connectivity index (χ1n) is 7.45. The summed E-state index contributed by atoms with van der Waals surface area (Å²) in [5, 5.41) is 7.16. The van der Waals surface area contributed by atoms with Crippen LogP contribution in [0.3, 0.4) is 0 Å². The molecule has 3 heterocycles. The average molecular weight is 270 g/mol. The van der Waals surface area contributed by atoms with Crippen LogP contribution in [0.2, 0.25) is 0 Å². The van der Waals surface area contributed by atoms with Gasteiger partial charge in [-0.2, -0.15) is 5.10 Å². The highest BCUT2D eigenvalue weighted by Gasteiger charge is 2.21. The van der Waals surface area contributed by atoms with E-state index >= 15 is 0 Å². The lowest BCUT2D eigenvalue weighted by Crippen LogP contribution is -2.34. The van der Waals surface area contributed by atoms with E-state index in [9.17, 15) is 0 Å². The fraction of sp³-hybridized carbons (Fsp3) is 0.500. The molecule has 2 aromatic rings. The van der Waals surface area contributed by atoms with Gasteiger partial charge in [-0.1, -0.05) is 6.07 Å². The van der Waals surface area contributed by atoms with Crippen LogP contribution in [0.25, 0.3) is 0 Å². The number of likely N-dealkylation sites (tertiary alicyclic amines) is 1. The van der Waals surface area contributed by atoms with Crippen LogP contribution >= 0.6 is 0 Å². The Kier molecular flexibility index (Phi) is 4.11. The third-order valence-electron chi connectivity index (χ3n) is 4.18. The Hall–Kier alpha value is -1.68. The molecule has 20 heavy (non-hydrogen) atoms. The first-order chi connectivity index (χ1) is 9.81. The lowest BCUT2D eigenvalue weighted by molar-refractivity contribution is 0.212. The van der Waals surface area contributed by atoms with E-state index in [4.69, 9.17) is 0 Å². The Labute approximate surface area is 120 Å². The van der Waals surface area contributed by atoms with E-state index in [1.54, 1.807) is 0 Å². The zero-order chi connectivity index (χ0) is 13.8. The van der Waals surface area contributed by atoms with Crippen LogP contribution in [0.4, 0.5) is 0 Å². The van der Waals surface area contributed by atoms with E-state index in [1.165, 1.54) is 37.3 Å². The van der Waals surface area contributed by atoms with Crippen molar-refractivity contribution in [3.05, 3.63) is 47.5 Å². The molecule has 1 saturated heterocycles. The van der Waals surface area contributed by atoms with E-state index in [2.05, 4.69) is 51.3 Å². The average Bonchev–Trinajstić information content (AvgIpc) is 3.00. The van der Waals surface area contributed by atoms with Crippen molar-refractivity contribution in [3.8, 4) is 0 Å². The molecule has 1 aliphatic heterocycles. The molecule has 0 spiro atoms. The number of aromatic nitrogens is 3. The van der Waals surface area contributed by atoms with Crippen molar-refractivity contribution in [2.24, 2.45) is 0 Å². The van der Waals surface area contributed by atoms with Crippen molar-refractivity contribution in [1.29, 1.82) is 0 Å². The van der Waals surface area contributed by atoms with Gasteiger partial charge in [-0.05, 0) is 51.1 Å². The molecule has 0 atom stereocenters. The molecule has 1 fully saturated rings. The number of nitrogens with one attached hydrogen (secondary N) is 1. The minimum absolute atomic E-state index is 0.658. The highest BCUT2D eigenvalue weighted by molar-refractivity contribution is 5.10. The van der Waals surface area contributed by atoms with Gasteiger partial charge in [0.15, 0.2) is 0 Å². The summed E-state index contributed by atoms with van der Waals surface area (Å²) in [4.78, 5) is 7.13. The number of nitrogens with zero attached hydrogens (tertiary/aromatic N) is 3. The summed E-state index contributed by atoms with van der Waals surface area (Å²) in [7, 11) is 0. The van der Waals surface area contributed by atoms with Crippen LogP contribution in [0.5, 0.6) is 0 Å². The maximum atomic E-state index is 4.57. The molecular formula is C16H22N4. The number of hydrogen-bond acceptors (Lipinski definition) is 3. The highest BCUT2D eigenvalue weighted by Crippen LogP contribution is 2.26. The molecule has 0 radical (unpaired) electrons. The molecule has 4 nitrogen and oxygen atoms in total. The van der Waals surface area contributed by atoms with Crippen LogP contribution in [-0.2, 0) is 6.42 Å². The number of aromatic amines is 1. The third-order valence-corrected chi connectivity index (χ3v) is 4.18. The lowest BCUT2D eigenvalue weighted by Gasteiger charge is -2.31. The summed E-state index contributed by atoms with van der Waals surface area (Å²) >= 11 is 0. The predicted octanol–water partition coefficient (Wildman–Crippen LogP) is 2.54. The van der Waals surface area contributed by atoms with Crippen molar-refractivity contribution in [2.75, 3.05) is 19.6 Å². The molecule has 0 bridgehead atoms. The van der Waals surface area contributed by atoms with E-state index in [-0.39, 0.29) is 0 Å². The summed E-state index contributed by atoms with van der Waals surface area (Å²) in [5.41, 5.74) is 3.62. The van der Waals surface area contributed by atoms with Gasteiger partial charge >= 0.3 is 0 Å². The normalized spacial score (nSPS) is 17.4. The second-order valence-corrected chi connectivity index (χ2v) is 5.65. The van der Waals surface area contributed by atoms with Gasteiger partial charge in [-0.3, -0.25) is 10.1 Å². The minimum Gasteiger partial charge on any atom is -0.303 e. The summed E-state index contributed by atoms with van der Waals surface area (Å²) < 4.78 is 0. The first kappa shape index (κ1) is 13.3. The number of H-pyrrole nitrogens is 1. The number of aryl methyl sites for hydroxylation is 1. The summed E-state index contributed by atoms with van der Waals surface area (Å²) in [5.74, 6) is 0.658. The Morgan fingerprint density at radius 2 is 2.10 bits per heavy atom. The maximum absolute atomic E-state index is 4.57. The number of hydrogen-bond donors (Lipinski definition) is 1. The molecule has 106 valence electrons. The SMILES string of the molecule is Cc1cccc(CCN2CCC(c3ccn[nH]3)CC2)n1. The van der Waals surface area contributed by atoms with Gasteiger partial charge in [-0.15, -0.1) is 0 Å². The molecule has 4 heteroatoms. The molecule has 2 aromatic heterocycles. The van der Waals surface area contributed by atoms with Gasteiger partial charge in [0.2, 0.25) is 0 Å². The zero-order valence-electron chi connectivity index (χ0n) is 12.0. The monoisotopic (exact) mass is 270 g/mol. The lowest BCUT2D eigenvalue weighted by atomic mass is 9.93. The molecule has 1 N–H and O–H groups in total. The van der Waals surface area contributed by atoms with Gasteiger partial charge in [0.25, 0.3) is 0 Å². The van der Waals surface area contributed by atoms with Crippen molar-refractivity contribution < 1.29 is 0 Å². The fourth-order valence-electron chi connectivity index (χ4n) is 2.97. The van der Waals surface area contributed by atoms with E-state index in [0.717, 1.165) is 18.7 Å². The highest BCUT2D eigenvalue weighted by atomic mass is 15.1. The fourth-order valence-corrected chi connectivity index (χ4v) is 2.97. The summed E-state index contributed by atoms with van der Waals surface area (Å²) in [6.07, 6.45) is 5.36. The van der Waals surface area contributed by atoms with E-state index < -0.39 is 0 Å². The third kappa shape index (κ3) is 3.25. The Balaban J connectivity index is 1.47. The van der Waals surface area contributed by atoms with Crippen LogP contribution in [0, 0.1) is 6.92 Å². The largest absolute Gasteiger partial charge is 0.303 e. The zero-order valence-corrected chi connectivity index (χ0v) is 12.0. The van der Waals surface area contributed by atoms with E-state index in [1.807, 2.05) is 6.20 Å². The molecule has 0 aliphatic carbocycles. The van der Waals surface area contributed by atoms with Crippen LogP contribution in [0.15, 0.2) is 30.5 Å². The van der Waals surface area contributed by atoms with Crippen LogP contribution in [0.1, 0.15) is 35.8 Å². The van der Waals surface area contributed by atoms with Crippen molar-refractivity contribution in [3.63, 3.8) is 0 Å². The molecule has 0 aromatic carbocycles. The van der Waals surface area contributed by atoms with E-state index in [0.29, 0.717) is 5.92 Å². The molecule has 0 saturated carbocycles. The molecule has 1 aliphatic rings. The first-order valence-corrected chi connectivity index (χ1v) is 7.45. The Bertz CT molecular complexity index is 527. The van der Waals surface area contributed by atoms with Crippen molar-refractivity contribution >= 4 is 0 Å². The molecular weight excluding hydrogens is 248 g/mol. The summed E-state index contributed by atoms with van der Waals surface area (Å²) in [6, 6.07) is 8.39. The van der Waals surface area contributed by atoms with Gasteiger partial charge < -0.3 is 4.90 Å².